The van der Waals surface area contributed by atoms with E-state index in [1.807, 2.05) is 31.2 Å². The number of aromatic nitrogens is 4. The molecule has 3 rings (SSSR count). The molecule has 23 heavy (non-hydrogen) atoms. The molecule has 0 aliphatic heterocycles. The van der Waals surface area contributed by atoms with Gasteiger partial charge in [-0.15, -0.1) is 5.10 Å². The second-order valence-corrected chi connectivity index (χ2v) is 6.20. The lowest BCUT2D eigenvalue weighted by molar-refractivity contribution is 0.0930. The number of hydrogen-bond donors (Lipinski definition) is 1. The van der Waals surface area contributed by atoms with Crippen LogP contribution in [0.2, 0.25) is 0 Å². The Bertz CT molecular complexity index is 641. The minimum Gasteiger partial charge on any atom is -0.349 e. The van der Waals surface area contributed by atoms with E-state index in [4.69, 9.17) is 0 Å². The number of nitrogens with zero attached hydrogens (tertiary/aromatic N) is 4. The van der Waals surface area contributed by atoms with Gasteiger partial charge >= 0.3 is 0 Å². The SMILES string of the molecule is Cc1nnnn1-c1ccc(C(=O)NC2CCCCCCC2)cc1. The van der Waals surface area contributed by atoms with Crippen molar-refractivity contribution in [1.82, 2.24) is 25.5 Å². The molecule has 6 heteroatoms. The van der Waals surface area contributed by atoms with Crippen LogP contribution in [-0.4, -0.2) is 32.2 Å². The first-order valence-electron chi connectivity index (χ1n) is 8.40. The van der Waals surface area contributed by atoms with E-state index in [-0.39, 0.29) is 5.91 Å². The van der Waals surface area contributed by atoms with Crippen molar-refractivity contribution in [1.29, 1.82) is 0 Å². The molecular weight excluding hydrogens is 290 g/mol. The lowest BCUT2D eigenvalue weighted by atomic mass is 9.96. The predicted octanol–water partition coefficient (Wildman–Crippen LogP) is 2.81. The summed E-state index contributed by atoms with van der Waals surface area (Å²) in [5.74, 6) is 0.729. The second kappa shape index (κ2) is 7.35. The first kappa shape index (κ1) is 15.6. The van der Waals surface area contributed by atoms with Gasteiger partial charge in [-0.2, -0.15) is 4.68 Å². The molecule has 1 aliphatic carbocycles. The van der Waals surface area contributed by atoms with E-state index in [0.717, 1.165) is 24.4 Å². The highest BCUT2D eigenvalue weighted by Crippen LogP contribution is 2.18. The molecule has 1 fully saturated rings. The zero-order valence-electron chi connectivity index (χ0n) is 13.5. The van der Waals surface area contributed by atoms with Gasteiger partial charge in [-0.1, -0.05) is 32.1 Å². The van der Waals surface area contributed by atoms with E-state index in [9.17, 15) is 4.79 Å². The summed E-state index contributed by atoms with van der Waals surface area (Å²) in [4.78, 5) is 12.4. The number of carbonyl (C=O) groups is 1. The molecule has 0 atom stereocenters. The Balaban J connectivity index is 1.64. The minimum atomic E-state index is 0.00978. The molecule has 1 N–H and O–H groups in total. The largest absolute Gasteiger partial charge is 0.349 e. The third-order valence-electron chi connectivity index (χ3n) is 4.44. The van der Waals surface area contributed by atoms with Crippen LogP contribution in [0.3, 0.4) is 0 Å². The van der Waals surface area contributed by atoms with Gasteiger partial charge < -0.3 is 5.32 Å². The topological polar surface area (TPSA) is 72.7 Å². The van der Waals surface area contributed by atoms with E-state index in [0.29, 0.717) is 11.6 Å². The third-order valence-corrected chi connectivity index (χ3v) is 4.44. The maximum Gasteiger partial charge on any atom is 0.251 e. The molecule has 0 spiro atoms. The zero-order chi connectivity index (χ0) is 16.1. The standard InChI is InChI=1S/C17H23N5O/c1-13-19-20-21-22(13)16-11-9-14(10-12-16)17(23)18-15-7-5-3-2-4-6-8-15/h9-12,15H,2-8H2,1H3,(H,18,23). The van der Waals surface area contributed by atoms with Crippen LogP contribution in [0, 0.1) is 6.92 Å². The van der Waals surface area contributed by atoms with Crippen molar-refractivity contribution in [2.45, 2.75) is 57.9 Å². The average Bonchev–Trinajstić information content (AvgIpc) is 2.96. The molecule has 0 radical (unpaired) electrons. The Kier molecular flexibility index (Phi) is 5.00. The van der Waals surface area contributed by atoms with Crippen LogP contribution in [0.15, 0.2) is 24.3 Å². The summed E-state index contributed by atoms with van der Waals surface area (Å²) in [5.41, 5.74) is 1.54. The van der Waals surface area contributed by atoms with E-state index >= 15 is 0 Å². The van der Waals surface area contributed by atoms with Gasteiger partial charge in [0.15, 0.2) is 5.82 Å². The molecule has 122 valence electrons. The van der Waals surface area contributed by atoms with Crippen LogP contribution in [-0.2, 0) is 0 Å². The number of rotatable bonds is 3. The van der Waals surface area contributed by atoms with Gasteiger partial charge in [-0.25, -0.2) is 0 Å². The van der Waals surface area contributed by atoms with Crippen molar-refractivity contribution in [2.75, 3.05) is 0 Å². The predicted molar refractivity (Wildman–Crippen MR) is 87.5 cm³/mol. The summed E-state index contributed by atoms with van der Waals surface area (Å²) in [6.07, 6.45) is 8.50. The Hall–Kier alpha value is -2.24. The number of aryl methyl sites for hydroxylation is 1. The second-order valence-electron chi connectivity index (χ2n) is 6.20. The van der Waals surface area contributed by atoms with Gasteiger partial charge in [-0.05, 0) is 54.5 Å². The van der Waals surface area contributed by atoms with E-state index < -0.39 is 0 Å². The number of hydrogen-bond acceptors (Lipinski definition) is 4. The summed E-state index contributed by atoms with van der Waals surface area (Å²) >= 11 is 0. The summed E-state index contributed by atoms with van der Waals surface area (Å²) in [6, 6.07) is 7.71. The number of amides is 1. The Morgan fingerprint density at radius 1 is 1.09 bits per heavy atom. The van der Waals surface area contributed by atoms with Crippen LogP contribution >= 0.6 is 0 Å². The number of benzene rings is 1. The van der Waals surface area contributed by atoms with Gasteiger partial charge in [0.05, 0.1) is 5.69 Å². The Labute approximate surface area is 136 Å². The zero-order valence-corrected chi connectivity index (χ0v) is 13.5. The third kappa shape index (κ3) is 3.94. The molecule has 1 saturated carbocycles. The van der Waals surface area contributed by atoms with Gasteiger partial charge in [0, 0.05) is 11.6 Å². The summed E-state index contributed by atoms with van der Waals surface area (Å²) in [5, 5.41) is 14.6. The molecule has 6 nitrogen and oxygen atoms in total. The van der Waals surface area contributed by atoms with E-state index in [1.165, 1.54) is 32.1 Å². The van der Waals surface area contributed by atoms with Crippen LogP contribution < -0.4 is 5.32 Å². The summed E-state index contributed by atoms with van der Waals surface area (Å²) in [7, 11) is 0. The van der Waals surface area contributed by atoms with E-state index in [2.05, 4.69) is 20.8 Å². The highest BCUT2D eigenvalue weighted by atomic mass is 16.1. The van der Waals surface area contributed by atoms with Crippen LogP contribution in [0.25, 0.3) is 5.69 Å². The Morgan fingerprint density at radius 2 is 1.74 bits per heavy atom. The first-order chi connectivity index (χ1) is 11.2. The molecule has 2 aromatic rings. The molecule has 1 aliphatic rings. The smallest absolute Gasteiger partial charge is 0.251 e. The molecule has 1 aromatic heterocycles. The van der Waals surface area contributed by atoms with Gasteiger partial charge in [0.1, 0.15) is 0 Å². The average molecular weight is 313 g/mol. The quantitative estimate of drug-likeness (QED) is 0.945. The summed E-state index contributed by atoms with van der Waals surface area (Å²) in [6.45, 7) is 1.84. The molecule has 1 aromatic carbocycles. The van der Waals surface area contributed by atoms with Gasteiger partial charge in [-0.3, -0.25) is 4.79 Å². The normalized spacial score (nSPS) is 16.6. The summed E-state index contributed by atoms with van der Waals surface area (Å²) < 4.78 is 1.65. The Morgan fingerprint density at radius 3 is 2.35 bits per heavy atom. The fraction of sp³-hybridized carbons (Fsp3) is 0.529. The minimum absolute atomic E-state index is 0.00978. The van der Waals surface area contributed by atoms with Crippen molar-refractivity contribution < 1.29 is 4.79 Å². The maximum atomic E-state index is 12.4. The maximum absolute atomic E-state index is 12.4. The number of nitrogens with one attached hydrogen (secondary N) is 1. The molecule has 0 unspecified atom stereocenters. The lowest BCUT2D eigenvalue weighted by Gasteiger charge is -2.21. The molecular formula is C17H23N5O. The first-order valence-corrected chi connectivity index (χ1v) is 8.40. The van der Waals surface area contributed by atoms with E-state index in [1.54, 1.807) is 4.68 Å². The number of carbonyl (C=O) groups excluding carboxylic acids is 1. The molecule has 0 bridgehead atoms. The van der Waals surface area contributed by atoms with Crippen molar-refractivity contribution in [3.63, 3.8) is 0 Å². The fourth-order valence-electron chi connectivity index (χ4n) is 3.09. The molecule has 1 amide bonds. The highest BCUT2D eigenvalue weighted by Gasteiger charge is 2.15. The monoisotopic (exact) mass is 313 g/mol. The highest BCUT2D eigenvalue weighted by molar-refractivity contribution is 5.94. The molecule has 1 heterocycles. The van der Waals surface area contributed by atoms with Crippen molar-refractivity contribution in [3.05, 3.63) is 35.7 Å². The van der Waals surface area contributed by atoms with Crippen molar-refractivity contribution in [2.24, 2.45) is 0 Å². The van der Waals surface area contributed by atoms with Crippen molar-refractivity contribution >= 4 is 5.91 Å². The lowest BCUT2D eigenvalue weighted by Crippen LogP contribution is -2.35. The van der Waals surface area contributed by atoms with Gasteiger partial charge in [0.2, 0.25) is 0 Å². The molecule has 0 saturated heterocycles. The fourth-order valence-corrected chi connectivity index (χ4v) is 3.09. The van der Waals surface area contributed by atoms with Crippen LogP contribution in [0.4, 0.5) is 0 Å². The van der Waals surface area contributed by atoms with Crippen LogP contribution in [0.5, 0.6) is 0 Å². The van der Waals surface area contributed by atoms with Crippen LogP contribution in [0.1, 0.15) is 61.1 Å². The number of tetrazole rings is 1. The van der Waals surface area contributed by atoms with Crippen molar-refractivity contribution in [3.8, 4) is 5.69 Å². The van der Waals surface area contributed by atoms with Gasteiger partial charge in [0.25, 0.3) is 5.91 Å².